The number of aliphatic carboxylic acids is 1. The fourth-order valence-electron chi connectivity index (χ4n) is 1.27. The zero-order chi connectivity index (χ0) is 14.6. The molecule has 3 N–H and O–H groups in total. The Kier molecular flexibility index (Phi) is 4.94. The Labute approximate surface area is 120 Å². The molecular weight excluding hydrogens is 312 g/mol. The normalized spacial score (nSPS) is 10.9. The van der Waals surface area contributed by atoms with Crippen LogP contribution in [0.3, 0.4) is 0 Å². The first-order valence-electron chi connectivity index (χ1n) is 5.77. The highest BCUT2D eigenvalue weighted by atomic mass is 79.9. The molecule has 1 aromatic carbocycles. The summed E-state index contributed by atoms with van der Waals surface area (Å²) in [6.45, 7) is 5.09. The van der Waals surface area contributed by atoms with E-state index in [1.54, 1.807) is 19.9 Å². The van der Waals surface area contributed by atoms with E-state index in [1.807, 2.05) is 19.1 Å². The molecule has 1 rings (SSSR count). The van der Waals surface area contributed by atoms with Crippen molar-refractivity contribution >= 4 is 33.6 Å². The summed E-state index contributed by atoms with van der Waals surface area (Å²) in [6, 6.07) is 5.01. The van der Waals surface area contributed by atoms with Crippen LogP contribution in [-0.2, 0) is 4.79 Å². The smallest absolute Gasteiger partial charge is 0.319 e. The van der Waals surface area contributed by atoms with Crippen molar-refractivity contribution in [2.45, 2.75) is 20.8 Å². The number of carboxylic acids is 1. The van der Waals surface area contributed by atoms with Crippen LogP contribution in [0.1, 0.15) is 19.4 Å². The monoisotopic (exact) mass is 328 g/mol. The molecule has 0 aliphatic heterocycles. The van der Waals surface area contributed by atoms with Crippen molar-refractivity contribution in [2.24, 2.45) is 5.41 Å². The van der Waals surface area contributed by atoms with Crippen molar-refractivity contribution in [1.82, 2.24) is 5.32 Å². The molecule has 0 aliphatic carbocycles. The molecule has 104 valence electrons. The van der Waals surface area contributed by atoms with Gasteiger partial charge < -0.3 is 15.7 Å². The van der Waals surface area contributed by atoms with Crippen LogP contribution in [0.2, 0.25) is 0 Å². The molecule has 0 saturated carbocycles. The fraction of sp³-hybridized carbons (Fsp3) is 0.385. The number of benzene rings is 1. The van der Waals surface area contributed by atoms with E-state index < -0.39 is 17.4 Å². The maximum absolute atomic E-state index is 11.7. The average molecular weight is 329 g/mol. The lowest BCUT2D eigenvalue weighted by Gasteiger charge is -2.19. The minimum atomic E-state index is -0.993. The summed E-state index contributed by atoms with van der Waals surface area (Å²) in [5, 5.41) is 14.1. The van der Waals surface area contributed by atoms with E-state index in [0.29, 0.717) is 5.69 Å². The van der Waals surface area contributed by atoms with Gasteiger partial charge in [0.1, 0.15) is 0 Å². The summed E-state index contributed by atoms with van der Waals surface area (Å²) in [5.41, 5.74) is 0.669. The van der Waals surface area contributed by atoms with Gasteiger partial charge in [0.05, 0.1) is 5.41 Å². The van der Waals surface area contributed by atoms with E-state index >= 15 is 0 Å². The van der Waals surface area contributed by atoms with Crippen molar-refractivity contribution in [3.63, 3.8) is 0 Å². The third-order valence-corrected chi connectivity index (χ3v) is 3.58. The molecule has 0 heterocycles. The number of hydrogen-bond donors (Lipinski definition) is 3. The maximum atomic E-state index is 11.7. The number of carboxylic acid groups (broad SMARTS) is 1. The molecule has 5 nitrogen and oxygen atoms in total. The van der Waals surface area contributed by atoms with Crippen LogP contribution < -0.4 is 10.6 Å². The Balaban J connectivity index is 2.56. The Hall–Kier alpha value is -1.56. The van der Waals surface area contributed by atoms with E-state index in [2.05, 4.69) is 26.6 Å². The van der Waals surface area contributed by atoms with Gasteiger partial charge in [0.25, 0.3) is 0 Å². The number of amides is 2. The Morgan fingerprint density at radius 2 is 2.00 bits per heavy atom. The number of halogens is 1. The largest absolute Gasteiger partial charge is 0.481 e. The molecule has 0 saturated heterocycles. The lowest BCUT2D eigenvalue weighted by atomic mass is 9.94. The number of aryl methyl sites for hydroxylation is 1. The Morgan fingerprint density at radius 3 is 2.53 bits per heavy atom. The Bertz CT molecular complexity index is 501. The van der Waals surface area contributed by atoms with E-state index in [0.717, 1.165) is 10.0 Å². The predicted octanol–water partition coefficient (Wildman–Crippen LogP) is 2.99. The topological polar surface area (TPSA) is 78.4 Å². The molecular formula is C13H17BrN2O3. The van der Waals surface area contributed by atoms with Crippen LogP contribution in [0, 0.1) is 12.3 Å². The van der Waals surface area contributed by atoms with Crippen molar-refractivity contribution in [3.05, 3.63) is 28.2 Å². The number of hydrogen-bond acceptors (Lipinski definition) is 2. The minimum absolute atomic E-state index is 0.0592. The van der Waals surface area contributed by atoms with E-state index in [9.17, 15) is 9.59 Å². The van der Waals surface area contributed by atoms with Crippen LogP contribution in [0.4, 0.5) is 10.5 Å². The van der Waals surface area contributed by atoms with Gasteiger partial charge >= 0.3 is 12.0 Å². The molecule has 0 spiro atoms. The van der Waals surface area contributed by atoms with Gasteiger partial charge in [-0.15, -0.1) is 0 Å². The number of carbonyl (C=O) groups excluding carboxylic acids is 1. The molecule has 19 heavy (non-hydrogen) atoms. The van der Waals surface area contributed by atoms with Gasteiger partial charge in [-0.2, -0.15) is 0 Å². The van der Waals surface area contributed by atoms with E-state index in [4.69, 9.17) is 5.11 Å². The van der Waals surface area contributed by atoms with Crippen LogP contribution in [0.15, 0.2) is 22.7 Å². The number of anilines is 1. The lowest BCUT2D eigenvalue weighted by molar-refractivity contribution is -0.146. The van der Waals surface area contributed by atoms with Gasteiger partial charge in [0, 0.05) is 16.7 Å². The molecule has 2 amide bonds. The van der Waals surface area contributed by atoms with Gasteiger partial charge in [0.15, 0.2) is 0 Å². The lowest BCUT2D eigenvalue weighted by Crippen LogP contribution is -2.40. The van der Waals surface area contributed by atoms with Gasteiger partial charge in [-0.25, -0.2) is 4.79 Å². The minimum Gasteiger partial charge on any atom is -0.481 e. The quantitative estimate of drug-likeness (QED) is 0.795. The summed E-state index contributed by atoms with van der Waals surface area (Å²) >= 11 is 3.37. The van der Waals surface area contributed by atoms with Crippen molar-refractivity contribution in [2.75, 3.05) is 11.9 Å². The molecule has 0 atom stereocenters. The van der Waals surface area contributed by atoms with Crippen molar-refractivity contribution in [1.29, 1.82) is 0 Å². The molecule has 0 bridgehead atoms. The second-order valence-electron chi connectivity index (χ2n) is 4.96. The highest BCUT2D eigenvalue weighted by molar-refractivity contribution is 9.10. The molecule has 0 radical (unpaired) electrons. The van der Waals surface area contributed by atoms with Crippen LogP contribution in [0.5, 0.6) is 0 Å². The first-order valence-corrected chi connectivity index (χ1v) is 6.56. The summed E-state index contributed by atoms with van der Waals surface area (Å²) < 4.78 is 0.963. The number of rotatable bonds is 4. The summed E-state index contributed by atoms with van der Waals surface area (Å²) in [4.78, 5) is 22.5. The third kappa shape index (κ3) is 4.55. The summed E-state index contributed by atoms with van der Waals surface area (Å²) in [7, 11) is 0. The molecule has 1 aromatic rings. The highest BCUT2D eigenvalue weighted by Gasteiger charge is 2.27. The predicted molar refractivity (Wildman–Crippen MR) is 77.3 cm³/mol. The Morgan fingerprint density at radius 1 is 1.37 bits per heavy atom. The molecule has 6 heteroatoms. The zero-order valence-corrected chi connectivity index (χ0v) is 12.7. The molecule has 0 unspecified atom stereocenters. The van der Waals surface area contributed by atoms with E-state index in [1.165, 1.54) is 0 Å². The van der Waals surface area contributed by atoms with Gasteiger partial charge in [-0.05, 0) is 44.5 Å². The summed E-state index contributed by atoms with van der Waals surface area (Å²) in [6.07, 6.45) is 0. The fourth-order valence-corrected chi connectivity index (χ4v) is 1.52. The first-order chi connectivity index (χ1) is 8.72. The number of urea groups is 1. The van der Waals surface area contributed by atoms with Gasteiger partial charge in [-0.1, -0.05) is 15.9 Å². The van der Waals surface area contributed by atoms with Crippen LogP contribution in [0.25, 0.3) is 0 Å². The summed E-state index contributed by atoms with van der Waals surface area (Å²) in [5.74, 6) is -0.952. The second-order valence-corrected chi connectivity index (χ2v) is 5.82. The third-order valence-electron chi connectivity index (χ3n) is 2.69. The first kappa shape index (κ1) is 15.5. The SMILES string of the molecule is Cc1cc(NC(=O)NCC(C)(C)C(=O)O)ccc1Br. The maximum Gasteiger partial charge on any atom is 0.319 e. The molecule has 0 fully saturated rings. The van der Waals surface area contributed by atoms with Crippen molar-refractivity contribution < 1.29 is 14.7 Å². The van der Waals surface area contributed by atoms with Crippen molar-refractivity contribution in [3.8, 4) is 0 Å². The standard InChI is InChI=1S/C13H17BrN2O3/c1-8-6-9(4-5-10(8)14)16-12(19)15-7-13(2,3)11(17)18/h4-6H,7H2,1-3H3,(H,17,18)(H2,15,16,19). The molecule has 0 aliphatic rings. The number of nitrogens with one attached hydrogen (secondary N) is 2. The van der Waals surface area contributed by atoms with E-state index in [-0.39, 0.29) is 6.54 Å². The zero-order valence-electron chi connectivity index (χ0n) is 11.1. The van der Waals surface area contributed by atoms with Gasteiger partial charge in [-0.3, -0.25) is 4.79 Å². The average Bonchev–Trinajstić information content (AvgIpc) is 2.31. The molecule has 0 aromatic heterocycles. The van der Waals surface area contributed by atoms with Crippen LogP contribution >= 0.6 is 15.9 Å². The second kappa shape index (κ2) is 6.06. The number of carbonyl (C=O) groups is 2. The van der Waals surface area contributed by atoms with Crippen LogP contribution in [-0.4, -0.2) is 23.7 Å². The van der Waals surface area contributed by atoms with Gasteiger partial charge in [0.2, 0.25) is 0 Å². The highest BCUT2D eigenvalue weighted by Crippen LogP contribution is 2.20.